The summed E-state index contributed by atoms with van der Waals surface area (Å²) in [7, 11) is 0. The molecule has 0 saturated heterocycles. The fourth-order valence-corrected chi connectivity index (χ4v) is 3.10. The lowest BCUT2D eigenvalue weighted by atomic mass is 9.98. The third kappa shape index (κ3) is 4.15. The maximum atomic E-state index is 11.9. The zero-order chi connectivity index (χ0) is 17.8. The zero-order valence-electron chi connectivity index (χ0n) is 14.1. The molecule has 2 aromatic rings. The number of hydrogen-bond donors (Lipinski definition) is 3. The van der Waals surface area contributed by atoms with Gasteiger partial charge in [-0.15, -0.1) is 12.4 Å². The minimum Gasteiger partial charge on any atom is -0.480 e. The van der Waals surface area contributed by atoms with E-state index in [4.69, 9.17) is 15.6 Å². The first-order valence-corrected chi connectivity index (χ1v) is 8.15. The van der Waals surface area contributed by atoms with E-state index >= 15 is 0 Å². The second-order valence-electron chi connectivity index (χ2n) is 5.99. The molecule has 0 fully saturated rings. The highest BCUT2D eigenvalue weighted by molar-refractivity contribution is 5.85. The Kier molecular flexibility index (Phi) is 6.60. The molecule has 1 aliphatic rings. The van der Waals surface area contributed by atoms with Crippen LogP contribution < -0.4 is 11.1 Å². The van der Waals surface area contributed by atoms with Crippen molar-refractivity contribution in [3.8, 4) is 11.1 Å². The molecule has 4 N–H and O–H groups in total. The number of nitrogens with two attached hydrogens (primary N) is 1. The summed E-state index contributed by atoms with van der Waals surface area (Å²) < 4.78 is 5.34. The molecule has 0 radical (unpaired) electrons. The van der Waals surface area contributed by atoms with E-state index < -0.39 is 18.1 Å². The Morgan fingerprint density at radius 1 is 1.08 bits per heavy atom. The summed E-state index contributed by atoms with van der Waals surface area (Å²) in [5, 5.41) is 11.2. The van der Waals surface area contributed by atoms with Gasteiger partial charge in [-0.05, 0) is 28.7 Å². The Hall–Kier alpha value is -2.57. The van der Waals surface area contributed by atoms with Gasteiger partial charge in [0.2, 0.25) is 0 Å². The zero-order valence-corrected chi connectivity index (χ0v) is 14.9. The fraction of sp³-hybridized carbons (Fsp3) is 0.263. The van der Waals surface area contributed by atoms with Gasteiger partial charge in [0.15, 0.2) is 0 Å². The second kappa shape index (κ2) is 8.69. The van der Waals surface area contributed by atoms with Crippen molar-refractivity contribution in [2.75, 3.05) is 13.2 Å². The van der Waals surface area contributed by atoms with E-state index in [1.165, 1.54) is 11.1 Å². The molecule has 1 aliphatic carbocycles. The van der Waals surface area contributed by atoms with Crippen LogP contribution in [0.25, 0.3) is 11.1 Å². The number of carbonyl (C=O) groups excluding carboxylic acids is 1. The lowest BCUT2D eigenvalue weighted by Crippen LogP contribution is -2.35. The number of fused-ring (bicyclic) bond motifs is 3. The number of alkyl carbamates (subject to hydrolysis) is 1. The molecule has 0 saturated carbocycles. The van der Waals surface area contributed by atoms with Gasteiger partial charge in [-0.3, -0.25) is 4.79 Å². The van der Waals surface area contributed by atoms with Crippen molar-refractivity contribution in [2.24, 2.45) is 5.73 Å². The van der Waals surface area contributed by atoms with Crippen molar-refractivity contribution in [1.29, 1.82) is 0 Å². The number of nitrogens with one attached hydrogen (secondary N) is 1. The Labute approximate surface area is 157 Å². The number of rotatable bonds is 6. The number of halogens is 1. The number of hydrogen-bond acceptors (Lipinski definition) is 4. The van der Waals surface area contributed by atoms with Crippen LogP contribution in [0.5, 0.6) is 0 Å². The van der Waals surface area contributed by atoms with E-state index in [-0.39, 0.29) is 37.9 Å². The molecule has 0 spiro atoms. The molecule has 7 heteroatoms. The number of carboxylic acid groups (broad SMARTS) is 1. The van der Waals surface area contributed by atoms with Crippen molar-refractivity contribution in [3.63, 3.8) is 0 Å². The minimum absolute atomic E-state index is 0. The summed E-state index contributed by atoms with van der Waals surface area (Å²) in [5.41, 5.74) is 10.0. The van der Waals surface area contributed by atoms with Crippen LogP contribution in [0.4, 0.5) is 4.79 Å². The van der Waals surface area contributed by atoms with Gasteiger partial charge in [0.25, 0.3) is 0 Å². The van der Waals surface area contributed by atoms with Crippen LogP contribution in [-0.4, -0.2) is 36.4 Å². The SMILES string of the molecule is Cl.N[C@H](CCNC(=O)OCC1c2ccccc2-c2ccccc21)C(=O)O. The Bertz CT molecular complexity index is 751. The highest BCUT2D eigenvalue weighted by Crippen LogP contribution is 2.44. The van der Waals surface area contributed by atoms with E-state index in [1.54, 1.807) is 0 Å². The summed E-state index contributed by atoms with van der Waals surface area (Å²) in [5.74, 6) is -1.09. The van der Waals surface area contributed by atoms with Gasteiger partial charge in [0.1, 0.15) is 12.6 Å². The highest BCUT2D eigenvalue weighted by atomic mass is 35.5. The number of carboxylic acids is 1. The molecule has 3 rings (SSSR count). The molecule has 2 aromatic carbocycles. The predicted octanol–water partition coefficient (Wildman–Crippen LogP) is 2.75. The third-order valence-electron chi connectivity index (χ3n) is 4.39. The average molecular weight is 377 g/mol. The molecule has 0 aliphatic heterocycles. The first kappa shape index (κ1) is 19.8. The summed E-state index contributed by atoms with van der Waals surface area (Å²) in [6, 6.07) is 15.2. The van der Waals surface area contributed by atoms with Crippen molar-refractivity contribution < 1.29 is 19.4 Å². The predicted molar refractivity (Wildman–Crippen MR) is 101 cm³/mol. The van der Waals surface area contributed by atoms with Gasteiger partial charge < -0.3 is 20.9 Å². The van der Waals surface area contributed by atoms with E-state index in [2.05, 4.69) is 17.4 Å². The molecule has 1 amide bonds. The summed E-state index contributed by atoms with van der Waals surface area (Å²) in [4.78, 5) is 22.5. The Morgan fingerprint density at radius 3 is 2.15 bits per heavy atom. The number of amides is 1. The molecule has 26 heavy (non-hydrogen) atoms. The summed E-state index contributed by atoms with van der Waals surface area (Å²) in [6.45, 7) is 0.384. The molecular weight excluding hydrogens is 356 g/mol. The molecule has 6 nitrogen and oxygen atoms in total. The molecule has 0 heterocycles. The standard InChI is InChI=1S/C19H20N2O4.ClH/c20-17(18(22)23)9-10-21-19(24)25-11-16-14-7-3-1-5-12(14)13-6-2-4-8-15(13)16;/h1-8,16-17H,9-11,20H2,(H,21,24)(H,22,23);1H/t17-;/m1./s1. The lowest BCUT2D eigenvalue weighted by Gasteiger charge is -2.15. The van der Waals surface area contributed by atoms with E-state index in [9.17, 15) is 9.59 Å². The molecule has 138 valence electrons. The Balaban J connectivity index is 0.00000243. The van der Waals surface area contributed by atoms with Crippen molar-refractivity contribution in [1.82, 2.24) is 5.32 Å². The summed E-state index contributed by atoms with van der Waals surface area (Å²) >= 11 is 0. The van der Waals surface area contributed by atoms with Crippen LogP contribution >= 0.6 is 12.4 Å². The smallest absolute Gasteiger partial charge is 0.407 e. The van der Waals surface area contributed by atoms with Crippen LogP contribution in [0.2, 0.25) is 0 Å². The maximum Gasteiger partial charge on any atom is 0.407 e. The first-order chi connectivity index (χ1) is 12.1. The van der Waals surface area contributed by atoms with Gasteiger partial charge in [0.05, 0.1) is 0 Å². The third-order valence-corrected chi connectivity index (χ3v) is 4.39. The second-order valence-corrected chi connectivity index (χ2v) is 5.99. The number of aliphatic carboxylic acids is 1. The average Bonchev–Trinajstić information content (AvgIpc) is 2.94. The fourth-order valence-electron chi connectivity index (χ4n) is 3.10. The van der Waals surface area contributed by atoms with Gasteiger partial charge >= 0.3 is 12.1 Å². The van der Waals surface area contributed by atoms with Crippen LogP contribution in [0.15, 0.2) is 48.5 Å². The minimum atomic E-state index is -1.09. The maximum absolute atomic E-state index is 11.9. The lowest BCUT2D eigenvalue weighted by molar-refractivity contribution is -0.138. The highest BCUT2D eigenvalue weighted by Gasteiger charge is 2.28. The van der Waals surface area contributed by atoms with E-state index in [0.717, 1.165) is 11.1 Å². The normalized spacial score (nSPS) is 13.1. The largest absolute Gasteiger partial charge is 0.480 e. The molecule has 0 aromatic heterocycles. The van der Waals surface area contributed by atoms with Gasteiger partial charge in [0, 0.05) is 12.5 Å². The monoisotopic (exact) mass is 376 g/mol. The summed E-state index contributed by atoms with van der Waals surface area (Å²) in [6.07, 6.45) is -0.418. The molecular formula is C19H21ClN2O4. The topological polar surface area (TPSA) is 102 Å². The quantitative estimate of drug-likeness (QED) is 0.719. The molecule has 1 atom stereocenters. The van der Waals surface area contributed by atoms with Crippen molar-refractivity contribution >= 4 is 24.5 Å². The van der Waals surface area contributed by atoms with Crippen LogP contribution in [0.3, 0.4) is 0 Å². The van der Waals surface area contributed by atoms with Crippen LogP contribution in [-0.2, 0) is 9.53 Å². The number of benzene rings is 2. The van der Waals surface area contributed by atoms with Gasteiger partial charge in [-0.1, -0.05) is 48.5 Å². The number of carbonyl (C=O) groups is 2. The van der Waals surface area contributed by atoms with Crippen LogP contribution in [0, 0.1) is 0 Å². The number of ether oxygens (including phenoxy) is 1. The van der Waals surface area contributed by atoms with Gasteiger partial charge in [-0.2, -0.15) is 0 Å². The van der Waals surface area contributed by atoms with E-state index in [1.807, 2.05) is 36.4 Å². The van der Waals surface area contributed by atoms with Crippen molar-refractivity contribution in [2.45, 2.75) is 18.4 Å². The molecule has 0 unspecified atom stereocenters. The Morgan fingerprint density at radius 2 is 1.62 bits per heavy atom. The van der Waals surface area contributed by atoms with Crippen molar-refractivity contribution in [3.05, 3.63) is 59.7 Å². The van der Waals surface area contributed by atoms with Gasteiger partial charge in [-0.25, -0.2) is 4.79 Å². The molecule has 0 bridgehead atoms. The first-order valence-electron chi connectivity index (χ1n) is 8.15. The van der Waals surface area contributed by atoms with E-state index in [0.29, 0.717) is 0 Å². The van der Waals surface area contributed by atoms with Crippen LogP contribution in [0.1, 0.15) is 23.5 Å².